The van der Waals surface area contributed by atoms with Gasteiger partial charge in [-0.15, -0.1) is 11.3 Å². The lowest BCUT2D eigenvalue weighted by Gasteiger charge is -2.19. The highest BCUT2D eigenvalue weighted by molar-refractivity contribution is 9.10. The Morgan fingerprint density at radius 3 is 2.01 bits per heavy atom. The smallest absolute Gasteiger partial charge is 0.418 e. The summed E-state index contributed by atoms with van der Waals surface area (Å²) in [7, 11) is 0. The number of aromatic carboxylic acids is 1. The molecule has 0 bridgehead atoms. The average molecular weight is 1230 g/mol. The van der Waals surface area contributed by atoms with Crippen molar-refractivity contribution in [2.24, 2.45) is 10.7 Å². The number of nitrogens with zero attached hydrogens (tertiary/aromatic N) is 6. The van der Waals surface area contributed by atoms with Crippen LogP contribution < -0.4 is 16.4 Å². The highest BCUT2D eigenvalue weighted by Crippen LogP contribution is 2.29. The number of aromatic amines is 1. The summed E-state index contributed by atoms with van der Waals surface area (Å²) in [5.74, 6) is 0.472. The number of fused-ring (bicyclic) bond motifs is 3. The molecule has 11 rings (SSSR count). The minimum absolute atomic E-state index is 0. The number of ether oxygens (including phenoxy) is 2. The second-order valence-corrected chi connectivity index (χ2v) is 21.1. The van der Waals surface area contributed by atoms with E-state index in [9.17, 15) is 14.4 Å². The van der Waals surface area contributed by atoms with Crippen LogP contribution in [0.1, 0.15) is 74.7 Å². The molecule has 5 aromatic heterocycles. The number of thiophene rings is 1. The summed E-state index contributed by atoms with van der Waals surface area (Å²) in [5, 5.41) is 18.4. The molecule has 2 aliphatic heterocycles. The van der Waals surface area contributed by atoms with Crippen molar-refractivity contribution in [3.8, 4) is 0 Å². The van der Waals surface area contributed by atoms with Crippen LogP contribution in [0.2, 0.25) is 10.6 Å². The van der Waals surface area contributed by atoms with Gasteiger partial charge < -0.3 is 35.9 Å². The minimum atomic E-state index is -0.864. The number of nitrogens with two attached hydrogens (primary N) is 1. The number of hydrogen-bond donors (Lipinski definition) is 5. The molecular weight excluding hydrogens is 1170 g/mol. The first-order chi connectivity index (χ1) is 35.8. The van der Waals surface area contributed by atoms with Crippen molar-refractivity contribution >= 4 is 151 Å². The zero-order valence-electron chi connectivity index (χ0n) is 40.9. The number of aromatic nitrogens is 6. The van der Waals surface area contributed by atoms with Crippen molar-refractivity contribution < 1.29 is 29.0 Å². The fourth-order valence-electron chi connectivity index (χ4n) is 7.04. The number of carboxylic acids is 1. The number of aliphatic imine (C=N–C) groups is 1. The first-order valence-corrected chi connectivity index (χ1v) is 26.2. The van der Waals surface area contributed by atoms with Crippen LogP contribution >= 0.6 is 66.4 Å². The molecular formula is C56H58Br2Cl2N10O6S. The SMILES string of the molecule is C.C.CC(=O)c1cc2ccc(Br)cc2[nH]1.CC(C)(C)OC(=O)n1ccc2cc(Nc3ccnc(Cl)n3)ccc21.Clc1nccc(Nc2ccc(C3=CCN=C3)cc2)n1.NC1CCOC1.O=C(O)c1cc2ccc(Br)cc2s1. The van der Waals surface area contributed by atoms with Crippen LogP contribution in [-0.4, -0.2) is 90.1 Å². The van der Waals surface area contributed by atoms with Gasteiger partial charge in [0.1, 0.15) is 22.1 Å². The Balaban J connectivity index is 0.000000186. The molecule has 1 fully saturated rings. The molecule has 1 saturated heterocycles. The normalized spacial score (nSPS) is 13.2. The molecule has 16 nitrogen and oxygen atoms in total. The van der Waals surface area contributed by atoms with Crippen molar-refractivity contribution in [1.29, 1.82) is 0 Å². The number of H-pyrrole nitrogens is 1. The Morgan fingerprint density at radius 2 is 1.45 bits per heavy atom. The fraction of sp³-hybridized carbons (Fsp3) is 0.214. The summed E-state index contributed by atoms with van der Waals surface area (Å²) >= 11 is 19.5. The number of halogens is 4. The molecule has 402 valence electrons. The molecule has 0 spiro atoms. The number of carbonyl (C=O) groups excluding carboxylic acids is 2. The van der Waals surface area contributed by atoms with Crippen LogP contribution in [0.15, 0.2) is 148 Å². The second-order valence-electron chi connectivity index (χ2n) is 17.5. The van der Waals surface area contributed by atoms with E-state index in [1.165, 1.54) is 15.9 Å². The number of Topliss-reactive ketones (excluding diaryl/α,β-unsaturated/α-hetero) is 1. The van der Waals surface area contributed by atoms with Gasteiger partial charge in [0.25, 0.3) is 0 Å². The maximum Gasteiger partial charge on any atom is 0.418 e. The quantitative estimate of drug-likeness (QED) is 0.0740. The zero-order chi connectivity index (χ0) is 53.6. The maximum atomic E-state index is 12.2. The van der Waals surface area contributed by atoms with Gasteiger partial charge in [0.15, 0.2) is 5.78 Å². The van der Waals surface area contributed by atoms with Crippen molar-refractivity contribution in [2.75, 3.05) is 30.4 Å². The van der Waals surface area contributed by atoms with Gasteiger partial charge in [0, 0.05) is 85.7 Å². The van der Waals surface area contributed by atoms with Crippen molar-refractivity contribution in [3.05, 3.63) is 170 Å². The van der Waals surface area contributed by atoms with Crippen LogP contribution in [-0.2, 0) is 9.47 Å². The Bertz CT molecular complexity index is 3430. The van der Waals surface area contributed by atoms with Crippen molar-refractivity contribution in [1.82, 2.24) is 29.5 Å². The third kappa shape index (κ3) is 18.4. The van der Waals surface area contributed by atoms with Crippen LogP contribution in [0.3, 0.4) is 0 Å². The van der Waals surface area contributed by atoms with Crippen LogP contribution in [0.25, 0.3) is 37.5 Å². The predicted octanol–water partition coefficient (Wildman–Crippen LogP) is 15.5. The van der Waals surface area contributed by atoms with Gasteiger partial charge in [-0.2, -0.15) is 0 Å². The standard InChI is InChI=1S/C17H17ClN4O2.C14H11ClN4.C10H8BrNO.C9H5BrO2S.C4H9NO.2CH4/c1-17(2,3)24-16(23)22-9-7-11-10-12(4-5-13(11)22)20-14-6-8-19-15(18)21-14;15-14-17-8-6-13(19-14)18-12-3-1-10(2-4-12)11-5-7-16-9-11;1-6(13)9-4-7-2-3-8(11)5-10(7)12-9;10-6-2-1-5-3-8(9(11)12)13-7(5)4-6;5-4-1-2-6-3-4;;/h4-10H,1-3H3,(H,19,20,21);1-6,8-9H,7H2,(H,17,18,19);2-5,12H,1H3;1-4H,(H,11,12);4H,1-3,5H2;2*1H4. The summed E-state index contributed by atoms with van der Waals surface area (Å²) < 4.78 is 14.8. The van der Waals surface area contributed by atoms with Crippen LogP contribution in [0.4, 0.5) is 27.8 Å². The Morgan fingerprint density at radius 1 is 0.818 bits per heavy atom. The molecule has 0 aliphatic carbocycles. The number of nitrogens with one attached hydrogen (secondary N) is 3. The first-order valence-electron chi connectivity index (χ1n) is 23.1. The molecule has 7 heterocycles. The lowest BCUT2D eigenvalue weighted by Crippen LogP contribution is -2.26. The molecule has 21 heteroatoms. The third-order valence-corrected chi connectivity index (χ3v) is 13.0. The summed E-state index contributed by atoms with van der Waals surface area (Å²) in [5.41, 5.74) is 11.4. The number of benzene rings is 4. The minimum Gasteiger partial charge on any atom is -0.477 e. The van der Waals surface area contributed by atoms with Gasteiger partial charge in [0.05, 0.1) is 24.4 Å². The van der Waals surface area contributed by atoms with Gasteiger partial charge in [-0.1, -0.05) is 77.1 Å². The lowest BCUT2D eigenvalue weighted by molar-refractivity contribution is 0.0543. The van der Waals surface area contributed by atoms with E-state index < -0.39 is 17.7 Å². The molecule has 0 radical (unpaired) electrons. The van der Waals surface area contributed by atoms with E-state index in [1.54, 1.807) is 43.7 Å². The monoisotopic (exact) mass is 1230 g/mol. The Kier molecular flexibility index (Phi) is 22.6. The van der Waals surface area contributed by atoms with Gasteiger partial charge in [0.2, 0.25) is 10.6 Å². The van der Waals surface area contributed by atoms with E-state index in [4.69, 9.17) is 43.5 Å². The van der Waals surface area contributed by atoms with Crippen molar-refractivity contribution in [2.45, 2.75) is 60.6 Å². The highest BCUT2D eigenvalue weighted by atomic mass is 79.9. The van der Waals surface area contributed by atoms with Crippen LogP contribution in [0, 0.1) is 0 Å². The zero-order valence-corrected chi connectivity index (χ0v) is 46.4. The Labute approximate surface area is 477 Å². The van der Waals surface area contributed by atoms with E-state index in [-0.39, 0.29) is 31.2 Å². The fourth-order valence-corrected chi connectivity index (χ4v) is 9.15. The predicted molar refractivity (Wildman–Crippen MR) is 321 cm³/mol. The number of ketones is 1. The van der Waals surface area contributed by atoms with Crippen molar-refractivity contribution in [3.63, 3.8) is 0 Å². The summed E-state index contributed by atoms with van der Waals surface area (Å²) in [4.78, 5) is 57.4. The van der Waals surface area contributed by atoms with Crippen LogP contribution in [0.5, 0.6) is 0 Å². The molecule has 0 amide bonds. The molecule has 9 aromatic rings. The van der Waals surface area contributed by atoms with Gasteiger partial charge >= 0.3 is 12.1 Å². The number of rotatable bonds is 7. The van der Waals surface area contributed by atoms with E-state index in [0.717, 1.165) is 89.5 Å². The van der Waals surface area contributed by atoms with E-state index >= 15 is 0 Å². The van der Waals surface area contributed by atoms with Gasteiger partial charge in [-0.05, 0) is 152 Å². The lowest BCUT2D eigenvalue weighted by atomic mass is 10.1. The average Bonchev–Trinajstić information content (AvgIpc) is 4.23. The number of carboxylic acid groups (broad SMARTS) is 1. The molecule has 1 unspecified atom stereocenters. The number of allylic oxidation sites excluding steroid dienone is 1. The maximum absolute atomic E-state index is 12.2. The largest absolute Gasteiger partial charge is 0.477 e. The first kappa shape index (κ1) is 61.0. The third-order valence-electron chi connectivity index (χ3n) is 10.6. The molecule has 2 aliphatic rings. The van der Waals surface area contributed by atoms with E-state index in [2.05, 4.69) is 78.5 Å². The second kappa shape index (κ2) is 28.5. The highest BCUT2D eigenvalue weighted by Gasteiger charge is 2.19. The Hall–Kier alpha value is -6.84. The molecule has 6 N–H and O–H groups in total. The molecule has 77 heavy (non-hydrogen) atoms. The molecule has 4 aromatic carbocycles. The topological polar surface area (TPSA) is 225 Å². The molecule has 0 saturated carbocycles. The van der Waals surface area contributed by atoms with Gasteiger partial charge in [-0.3, -0.25) is 14.4 Å². The summed E-state index contributed by atoms with van der Waals surface area (Å²) in [6, 6.07) is 34.6. The number of carbonyl (C=O) groups is 3. The summed E-state index contributed by atoms with van der Waals surface area (Å²) in [6.45, 7) is 9.47. The van der Waals surface area contributed by atoms with E-state index in [0.29, 0.717) is 28.2 Å². The number of hydrogen-bond acceptors (Lipinski definition) is 14. The van der Waals surface area contributed by atoms with E-state index in [1.807, 2.05) is 118 Å². The number of anilines is 4. The summed E-state index contributed by atoms with van der Waals surface area (Å²) in [6.07, 6.45) is 9.53. The molecule has 1 atom stereocenters. The van der Waals surface area contributed by atoms with Gasteiger partial charge in [-0.25, -0.2) is 29.5 Å².